The minimum atomic E-state index is 0.226. The summed E-state index contributed by atoms with van der Waals surface area (Å²) >= 11 is 5.98. The third-order valence-electron chi connectivity index (χ3n) is 3.01. The second kappa shape index (κ2) is 7.05. The van der Waals surface area contributed by atoms with Crippen molar-refractivity contribution in [1.82, 2.24) is 4.98 Å². The van der Waals surface area contributed by atoms with Crippen LogP contribution in [0.25, 0.3) is 0 Å². The molecule has 2 aromatic rings. The molecule has 0 fully saturated rings. The Morgan fingerprint density at radius 2 is 1.95 bits per heavy atom. The van der Waals surface area contributed by atoms with E-state index in [-0.39, 0.29) is 5.78 Å². The SMILES string of the molecule is O=C(CCCc1ccccc1)Cc1ccncc1Cl. The quantitative estimate of drug-likeness (QED) is 0.800. The molecule has 0 aliphatic heterocycles. The van der Waals surface area contributed by atoms with Crippen LogP contribution in [0, 0.1) is 0 Å². The molecule has 0 N–H and O–H groups in total. The van der Waals surface area contributed by atoms with E-state index in [1.54, 1.807) is 18.5 Å². The molecule has 0 saturated carbocycles. The predicted octanol–water partition coefficient (Wildman–Crippen LogP) is 3.87. The summed E-state index contributed by atoms with van der Waals surface area (Å²) in [7, 11) is 0. The van der Waals surface area contributed by atoms with Crippen LogP contribution in [-0.2, 0) is 17.6 Å². The zero-order chi connectivity index (χ0) is 13.5. The van der Waals surface area contributed by atoms with Crippen LogP contribution in [0.2, 0.25) is 5.02 Å². The van der Waals surface area contributed by atoms with Crippen molar-refractivity contribution in [2.45, 2.75) is 25.7 Å². The van der Waals surface area contributed by atoms with E-state index in [2.05, 4.69) is 17.1 Å². The molecule has 0 saturated heterocycles. The summed E-state index contributed by atoms with van der Waals surface area (Å²) in [6.07, 6.45) is 6.05. The normalized spacial score (nSPS) is 10.4. The van der Waals surface area contributed by atoms with Crippen LogP contribution in [0.3, 0.4) is 0 Å². The van der Waals surface area contributed by atoms with Crippen molar-refractivity contribution in [1.29, 1.82) is 0 Å². The Labute approximate surface area is 118 Å². The monoisotopic (exact) mass is 273 g/mol. The highest BCUT2D eigenvalue weighted by atomic mass is 35.5. The second-order valence-corrected chi connectivity index (χ2v) is 4.93. The highest BCUT2D eigenvalue weighted by Crippen LogP contribution is 2.15. The predicted molar refractivity (Wildman–Crippen MR) is 77.3 cm³/mol. The lowest BCUT2D eigenvalue weighted by Gasteiger charge is -2.03. The van der Waals surface area contributed by atoms with Crippen molar-refractivity contribution in [3.8, 4) is 0 Å². The molecule has 19 heavy (non-hydrogen) atoms. The molecule has 1 aromatic carbocycles. The number of Topliss-reactive ketones (excluding diaryl/α,β-unsaturated/α-hetero) is 1. The molecule has 0 atom stereocenters. The van der Waals surface area contributed by atoms with Crippen molar-refractivity contribution in [3.63, 3.8) is 0 Å². The third-order valence-corrected chi connectivity index (χ3v) is 3.35. The van der Waals surface area contributed by atoms with Crippen LogP contribution < -0.4 is 0 Å². The maximum absolute atomic E-state index is 11.9. The number of ketones is 1. The Hall–Kier alpha value is -1.67. The van der Waals surface area contributed by atoms with Crippen LogP contribution >= 0.6 is 11.6 Å². The summed E-state index contributed by atoms with van der Waals surface area (Å²) in [4.78, 5) is 15.8. The van der Waals surface area contributed by atoms with Gasteiger partial charge in [0.15, 0.2) is 0 Å². The van der Waals surface area contributed by atoms with Gasteiger partial charge in [-0.1, -0.05) is 41.9 Å². The highest BCUT2D eigenvalue weighted by molar-refractivity contribution is 6.31. The third kappa shape index (κ3) is 4.49. The minimum absolute atomic E-state index is 0.226. The Kier molecular flexibility index (Phi) is 5.10. The van der Waals surface area contributed by atoms with Crippen LogP contribution in [0.1, 0.15) is 24.0 Å². The molecule has 0 aliphatic rings. The lowest BCUT2D eigenvalue weighted by atomic mass is 10.0. The zero-order valence-electron chi connectivity index (χ0n) is 10.7. The molecule has 0 unspecified atom stereocenters. The maximum atomic E-state index is 11.9. The van der Waals surface area contributed by atoms with Gasteiger partial charge < -0.3 is 0 Å². The average molecular weight is 274 g/mol. The Bertz CT molecular complexity index is 539. The van der Waals surface area contributed by atoms with Crippen molar-refractivity contribution < 1.29 is 4.79 Å². The van der Waals surface area contributed by atoms with E-state index < -0.39 is 0 Å². The van der Waals surface area contributed by atoms with Gasteiger partial charge in [-0.25, -0.2) is 0 Å². The lowest BCUT2D eigenvalue weighted by Crippen LogP contribution is -2.04. The van der Waals surface area contributed by atoms with E-state index in [0.717, 1.165) is 18.4 Å². The van der Waals surface area contributed by atoms with E-state index in [9.17, 15) is 4.79 Å². The fourth-order valence-corrected chi connectivity index (χ4v) is 2.17. The van der Waals surface area contributed by atoms with E-state index in [1.807, 2.05) is 18.2 Å². The molecule has 2 nitrogen and oxygen atoms in total. The van der Waals surface area contributed by atoms with Gasteiger partial charge in [-0.3, -0.25) is 9.78 Å². The van der Waals surface area contributed by atoms with Gasteiger partial charge >= 0.3 is 0 Å². The molecule has 0 bridgehead atoms. The number of halogens is 1. The minimum Gasteiger partial charge on any atom is -0.299 e. The topological polar surface area (TPSA) is 30.0 Å². The molecule has 0 radical (unpaired) electrons. The largest absolute Gasteiger partial charge is 0.299 e. The molecule has 3 heteroatoms. The van der Waals surface area contributed by atoms with E-state index in [0.29, 0.717) is 17.9 Å². The number of aryl methyl sites for hydroxylation is 1. The summed E-state index contributed by atoms with van der Waals surface area (Å²) < 4.78 is 0. The van der Waals surface area contributed by atoms with Gasteiger partial charge in [0.1, 0.15) is 5.78 Å². The molecule has 1 heterocycles. The number of hydrogen-bond acceptors (Lipinski definition) is 2. The van der Waals surface area contributed by atoms with Crippen LogP contribution in [-0.4, -0.2) is 10.8 Å². The van der Waals surface area contributed by atoms with Gasteiger partial charge in [0.2, 0.25) is 0 Å². The van der Waals surface area contributed by atoms with E-state index in [1.165, 1.54) is 5.56 Å². The molecule has 0 amide bonds. The molecule has 0 aliphatic carbocycles. The molecule has 0 spiro atoms. The van der Waals surface area contributed by atoms with Gasteiger partial charge in [-0.05, 0) is 30.0 Å². The van der Waals surface area contributed by atoms with Gasteiger partial charge in [0, 0.05) is 25.2 Å². The van der Waals surface area contributed by atoms with Gasteiger partial charge in [-0.2, -0.15) is 0 Å². The number of pyridine rings is 1. The van der Waals surface area contributed by atoms with E-state index >= 15 is 0 Å². The van der Waals surface area contributed by atoms with Crippen molar-refractivity contribution >= 4 is 17.4 Å². The summed E-state index contributed by atoms with van der Waals surface area (Å²) in [5.74, 6) is 0.226. The lowest BCUT2D eigenvalue weighted by molar-refractivity contribution is -0.118. The molecular formula is C16H16ClNO. The van der Waals surface area contributed by atoms with E-state index in [4.69, 9.17) is 11.6 Å². The fourth-order valence-electron chi connectivity index (χ4n) is 1.98. The number of aromatic nitrogens is 1. The molecule has 1 aromatic heterocycles. The average Bonchev–Trinajstić information content (AvgIpc) is 2.43. The first kappa shape index (κ1) is 13.8. The first-order valence-electron chi connectivity index (χ1n) is 6.40. The Balaban J connectivity index is 1.78. The van der Waals surface area contributed by atoms with Crippen LogP contribution in [0.5, 0.6) is 0 Å². The van der Waals surface area contributed by atoms with Crippen LogP contribution in [0.15, 0.2) is 48.8 Å². The summed E-state index contributed by atoms with van der Waals surface area (Å²) in [5, 5.41) is 0.568. The van der Waals surface area contributed by atoms with Crippen molar-refractivity contribution in [3.05, 3.63) is 64.9 Å². The fraction of sp³-hybridized carbons (Fsp3) is 0.250. The Morgan fingerprint density at radius 3 is 2.68 bits per heavy atom. The standard InChI is InChI=1S/C16H16ClNO/c17-16-12-18-10-9-14(16)11-15(19)8-4-7-13-5-2-1-3-6-13/h1-3,5-6,9-10,12H,4,7-8,11H2. The smallest absolute Gasteiger partial charge is 0.137 e. The number of carbonyl (C=O) groups is 1. The number of nitrogens with zero attached hydrogens (tertiary/aromatic N) is 1. The number of benzene rings is 1. The number of hydrogen-bond donors (Lipinski definition) is 0. The van der Waals surface area contributed by atoms with Gasteiger partial charge in [0.05, 0.1) is 5.02 Å². The molecule has 2 rings (SSSR count). The molecule has 98 valence electrons. The first-order chi connectivity index (χ1) is 9.25. The highest BCUT2D eigenvalue weighted by Gasteiger charge is 2.07. The number of rotatable bonds is 6. The van der Waals surface area contributed by atoms with Crippen molar-refractivity contribution in [2.75, 3.05) is 0 Å². The molecular weight excluding hydrogens is 258 g/mol. The summed E-state index contributed by atoms with van der Waals surface area (Å²) in [5.41, 5.74) is 2.14. The van der Waals surface area contributed by atoms with Gasteiger partial charge in [-0.15, -0.1) is 0 Å². The van der Waals surface area contributed by atoms with Crippen molar-refractivity contribution in [2.24, 2.45) is 0 Å². The first-order valence-corrected chi connectivity index (χ1v) is 6.77. The Morgan fingerprint density at radius 1 is 1.16 bits per heavy atom. The summed E-state index contributed by atoms with van der Waals surface area (Å²) in [6, 6.07) is 12.0. The zero-order valence-corrected chi connectivity index (χ0v) is 11.4. The second-order valence-electron chi connectivity index (χ2n) is 4.52. The summed E-state index contributed by atoms with van der Waals surface area (Å²) in [6.45, 7) is 0. The van der Waals surface area contributed by atoms with Gasteiger partial charge in [0.25, 0.3) is 0 Å². The van der Waals surface area contributed by atoms with Crippen LogP contribution in [0.4, 0.5) is 0 Å². The maximum Gasteiger partial charge on any atom is 0.137 e. The number of carbonyl (C=O) groups excluding carboxylic acids is 1.